The number of carbonyl (C=O) groups is 2. The van der Waals surface area contributed by atoms with Crippen molar-refractivity contribution in [1.29, 1.82) is 0 Å². The second kappa shape index (κ2) is 5.07. The van der Waals surface area contributed by atoms with Gasteiger partial charge >= 0.3 is 12.1 Å². The van der Waals surface area contributed by atoms with Gasteiger partial charge in [0.2, 0.25) is 0 Å². The zero-order chi connectivity index (χ0) is 13.9. The number of aliphatic carboxylic acids is 1. The molecule has 1 aromatic heterocycles. The number of hydrogen-bond donors (Lipinski definition) is 1. The molecule has 0 spiro atoms. The smallest absolute Gasteiger partial charge is 0.406 e. The molecule has 18 heavy (non-hydrogen) atoms. The first kappa shape index (κ1) is 14.0. The van der Waals surface area contributed by atoms with E-state index < -0.39 is 31.1 Å². The SMILES string of the molecule is Cn1ccc(C(=O)N(CC(=O)O)CC(F)(F)F)n1. The fourth-order valence-corrected chi connectivity index (χ4v) is 1.27. The van der Waals surface area contributed by atoms with Crippen LogP contribution in [0.3, 0.4) is 0 Å². The van der Waals surface area contributed by atoms with E-state index in [0.29, 0.717) is 0 Å². The third-order valence-corrected chi connectivity index (χ3v) is 1.92. The van der Waals surface area contributed by atoms with Gasteiger partial charge in [-0.3, -0.25) is 14.3 Å². The van der Waals surface area contributed by atoms with Crippen LogP contribution in [0.25, 0.3) is 0 Å². The number of nitrogens with zero attached hydrogens (tertiary/aromatic N) is 3. The molecule has 0 bridgehead atoms. The Labute approximate surface area is 99.6 Å². The number of halogens is 3. The number of hydrogen-bond acceptors (Lipinski definition) is 3. The van der Waals surface area contributed by atoms with Crippen molar-refractivity contribution < 1.29 is 27.9 Å². The summed E-state index contributed by atoms with van der Waals surface area (Å²) in [5.74, 6) is -2.60. The lowest BCUT2D eigenvalue weighted by Crippen LogP contribution is -2.42. The topological polar surface area (TPSA) is 75.4 Å². The molecule has 9 heteroatoms. The third kappa shape index (κ3) is 4.07. The van der Waals surface area contributed by atoms with Crippen molar-refractivity contribution in [2.45, 2.75) is 6.18 Å². The Morgan fingerprint density at radius 1 is 1.50 bits per heavy atom. The molecule has 0 aliphatic carbocycles. The van der Waals surface area contributed by atoms with Gasteiger partial charge in [0.05, 0.1) is 0 Å². The van der Waals surface area contributed by atoms with Gasteiger partial charge < -0.3 is 10.0 Å². The van der Waals surface area contributed by atoms with Gasteiger partial charge in [-0.25, -0.2) is 0 Å². The molecule has 1 amide bonds. The van der Waals surface area contributed by atoms with Crippen LogP contribution in [0.1, 0.15) is 10.5 Å². The highest BCUT2D eigenvalue weighted by Crippen LogP contribution is 2.17. The van der Waals surface area contributed by atoms with Crippen LogP contribution in [0.4, 0.5) is 13.2 Å². The van der Waals surface area contributed by atoms with E-state index in [9.17, 15) is 22.8 Å². The Kier molecular flexibility index (Phi) is 3.94. The number of carboxylic acid groups (broad SMARTS) is 1. The molecule has 1 heterocycles. The maximum absolute atomic E-state index is 12.2. The maximum atomic E-state index is 12.2. The van der Waals surface area contributed by atoms with E-state index in [4.69, 9.17) is 5.11 Å². The number of alkyl halides is 3. The standard InChI is InChI=1S/C9H10F3N3O3/c1-14-3-2-6(13-14)8(18)15(4-7(16)17)5-9(10,11)12/h2-3H,4-5H2,1H3,(H,16,17). The number of carboxylic acids is 1. The van der Waals surface area contributed by atoms with Crippen molar-refractivity contribution in [2.24, 2.45) is 7.05 Å². The first-order valence-corrected chi connectivity index (χ1v) is 4.76. The Balaban J connectivity index is 2.88. The molecule has 6 nitrogen and oxygen atoms in total. The molecule has 0 atom stereocenters. The second-order valence-corrected chi connectivity index (χ2v) is 3.54. The number of aryl methyl sites for hydroxylation is 1. The van der Waals surface area contributed by atoms with Crippen molar-refractivity contribution in [3.05, 3.63) is 18.0 Å². The summed E-state index contributed by atoms with van der Waals surface area (Å²) >= 11 is 0. The normalized spacial score (nSPS) is 11.3. The van der Waals surface area contributed by atoms with Gasteiger partial charge in [0, 0.05) is 13.2 Å². The number of carbonyl (C=O) groups excluding carboxylic acids is 1. The van der Waals surface area contributed by atoms with Crippen LogP contribution >= 0.6 is 0 Å². The van der Waals surface area contributed by atoms with Crippen LogP contribution in [0.15, 0.2) is 12.3 Å². The summed E-state index contributed by atoms with van der Waals surface area (Å²) in [7, 11) is 1.49. The number of rotatable bonds is 4. The van der Waals surface area contributed by atoms with Crippen molar-refractivity contribution in [3.63, 3.8) is 0 Å². The zero-order valence-corrected chi connectivity index (χ0v) is 9.31. The van der Waals surface area contributed by atoms with Gasteiger partial charge in [-0.1, -0.05) is 0 Å². The molecule has 0 unspecified atom stereocenters. The van der Waals surface area contributed by atoms with Crippen molar-refractivity contribution in [2.75, 3.05) is 13.1 Å². The van der Waals surface area contributed by atoms with E-state index >= 15 is 0 Å². The van der Waals surface area contributed by atoms with Gasteiger partial charge in [-0.05, 0) is 6.07 Å². The van der Waals surface area contributed by atoms with Gasteiger partial charge in [0.15, 0.2) is 0 Å². The predicted octanol–water partition coefficient (Wildman–Crippen LogP) is 0.509. The molecule has 0 aliphatic heterocycles. The Morgan fingerprint density at radius 3 is 2.50 bits per heavy atom. The number of amides is 1. The zero-order valence-electron chi connectivity index (χ0n) is 9.31. The van der Waals surface area contributed by atoms with Crippen LogP contribution in [0.5, 0.6) is 0 Å². The molecule has 1 rings (SSSR count). The first-order valence-electron chi connectivity index (χ1n) is 4.76. The molecule has 0 aliphatic rings. The highest BCUT2D eigenvalue weighted by Gasteiger charge is 2.34. The van der Waals surface area contributed by atoms with Crippen LogP contribution in [-0.2, 0) is 11.8 Å². The van der Waals surface area contributed by atoms with E-state index in [0.717, 1.165) is 0 Å². The van der Waals surface area contributed by atoms with Crippen LogP contribution in [0.2, 0.25) is 0 Å². The summed E-state index contributed by atoms with van der Waals surface area (Å²) in [5.41, 5.74) is -0.233. The third-order valence-electron chi connectivity index (χ3n) is 1.92. The molecule has 0 fully saturated rings. The second-order valence-electron chi connectivity index (χ2n) is 3.54. The summed E-state index contributed by atoms with van der Waals surface area (Å²) in [4.78, 5) is 22.3. The van der Waals surface area contributed by atoms with E-state index in [1.807, 2.05) is 0 Å². The van der Waals surface area contributed by atoms with E-state index in [-0.39, 0.29) is 10.6 Å². The van der Waals surface area contributed by atoms with Gasteiger partial charge in [-0.15, -0.1) is 0 Å². The first-order chi connectivity index (χ1) is 8.19. The fourth-order valence-electron chi connectivity index (χ4n) is 1.27. The quantitative estimate of drug-likeness (QED) is 0.860. The van der Waals surface area contributed by atoms with Gasteiger partial charge in [0.25, 0.3) is 5.91 Å². The molecular formula is C9H10F3N3O3. The summed E-state index contributed by atoms with van der Waals surface area (Å²) < 4.78 is 37.9. The minimum atomic E-state index is -4.67. The van der Waals surface area contributed by atoms with Crippen molar-refractivity contribution >= 4 is 11.9 Å². The van der Waals surface area contributed by atoms with Gasteiger partial charge in [0.1, 0.15) is 18.8 Å². The van der Waals surface area contributed by atoms with Crippen LogP contribution in [0, 0.1) is 0 Å². The maximum Gasteiger partial charge on any atom is 0.406 e. The van der Waals surface area contributed by atoms with E-state index in [2.05, 4.69) is 5.10 Å². The fraction of sp³-hybridized carbons (Fsp3) is 0.444. The summed E-state index contributed by atoms with van der Waals surface area (Å²) in [5, 5.41) is 12.1. The van der Waals surface area contributed by atoms with Gasteiger partial charge in [-0.2, -0.15) is 18.3 Å². The predicted molar refractivity (Wildman–Crippen MR) is 52.8 cm³/mol. The monoisotopic (exact) mass is 265 g/mol. The van der Waals surface area contributed by atoms with E-state index in [1.54, 1.807) is 0 Å². The molecule has 1 aromatic rings. The Hall–Kier alpha value is -2.06. The summed E-state index contributed by atoms with van der Waals surface area (Å²) in [6.07, 6.45) is -3.29. The Bertz CT molecular complexity index is 455. The Morgan fingerprint density at radius 2 is 2.11 bits per heavy atom. The van der Waals surface area contributed by atoms with E-state index in [1.165, 1.54) is 24.0 Å². The molecule has 1 N–H and O–H groups in total. The largest absolute Gasteiger partial charge is 0.480 e. The molecule has 0 saturated carbocycles. The average molecular weight is 265 g/mol. The van der Waals surface area contributed by atoms with Crippen molar-refractivity contribution in [3.8, 4) is 0 Å². The molecule has 0 aromatic carbocycles. The van der Waals surface area contributed by atoms with Crippen molar-refractivity contribution in [1.82, 2.24) is 14.7 Å². The minimum Gasteiger partial charge on any atom is -0.480 e. The summed E-state index contributed by atoms with van der Waals surface area (Å²) in [6.45, 7) is -2.66. The molecule has 0 saturated heterocycles. The average Bonchev–Trinajstić information content (AvgIpc) is 2.59. The molecular weight excluding hydrogens is 255 g/mol. The minimum absolute atomic E-state index is 0.185. The molecule has 0 radical (unpaired) electrons. The highest BCUT2D eigenvalue weighted by atomic mass is 19.4. The summed E-state index contributed by atoms with van der Waals surface area (Å²) in [6, 6.07) is 1.22. The molecule has 100 valence electrons. The highest BCUT2D eigenvalue weighted by molar-refractivity contribution is 5.94. The lowest BCUT2D eigenvalue weighted by molar-refractivity contribution is -0.149. The lowest BCUT2D eigenvalue weighted by Gasteiger charge is -2.20. The van der Waals surface area contributed by atoms with Crippen LogP contribution in [-0.4, -0.2) is 50.9 Å². The van der Waals surface area contributed by atoms with Crippen LogP contribution < -0.4 is 0 Å². The number of aromatic nitrogens is 2. The lowest BCUT2D eigenvalue weighted by atomic mass is 10.3.